The Morgan fingerprint density at radius 1 is 1.41 bits per heavy atom. The lowest BCUT2D eigenvalue weighted by molar-refractivity contribution is 0.117. The van der Waals surface area contributed by atoms with Crippen LogP contribution in [0.3, 0.4) is 0 Å². The lowest BCUT2D eigenvalue weighted by Crippen LogP contribution is -2.55. The molecule has 0 spiro atoms. The molecule has 2 unspecified atom stereocenters. The summed E-state index contributed by atoms with van der Waals surface area (Å²) in [6, 6.07) is 0.189. The van der Waals surface area contributed by atoms with E-state index < -0.39 is 15.3 Å². The Kier molecular flexibility index (Phi) is 5.33. The van der Waals surface area contributed by atoms with E-state index in [2.05, 4.69) is 14.5 Å². The van der Waals surface area contributed by atoms with E-state index in [4.69, 9.17) is 5.11 Å². The highest BCUT2D eigenvalue weighted by Gasteiger charge is 2.25. The maximum absolute atomic E-state index is 11.7. The van der Waals surface area contributed by atoms with E-state index in [1.54, 1.807) is 0 Å². The minimum atomic E-state index is -3.40. The average molecular weight is 265 g/mol. The van der Waals surface area contributed by atoms with E-state index >= 15 is 0 Å². The monoisotopic (exact) mass is 265 g/mol. The first-order chi connectivity index (χ1) is 7.86. The standard InChI is InChI=1S/C10H23N3O3S/c1-9(8-14)17(15,16)11-6-10-7-12(2)4-5-13(10)3/h9-11,14H,4-8H2,1-3H3. The molecule has 0 radical (unpaired) electrons. The highest BCUT2D eigenvalue weighted by atomic mass is 32.2. The van der Waals surface area contributed by atoms with Crippen molar-refractivity contribution in [3.05, 3.63) is 0 Å². The van der Waals surface area contributed by atoms with Crippen LogP contribution < -0.4 is 4.72 Å². The van der Waals surface area contributed by atoms with E-state index in [1.807, 2.05) is 14.1 Å². The minimum Gasteiger partial charge on any atom is -0.395 e. The molecule has 1 fully saturated rings. The molecule has 1 aliphatic heterocycles. The van der Waals surface area contributed by atoms with Gasteiger partial charge in [-0.15, -0.1) is 0 Å². The van der Waals surface area contributed by atoms with Crippen molar-refractivity contribution in [2.45, 2.75) is 18.2 Å². The summed E-state index contributed by atoms with van der Waals surface area (Å²) in [5.74, 6) is 0. The molecule has 1 heterocycles. The molecule has 0 saturated carbocycles. The molecular weight excluding hydrogens is 242 g/mol. The summed E-state index contributed by atoms with van der Waals surface area (Å²) in [5, 5.41) is 8.11. The third-order valence-corrected chi connectivity index (χ3v) is 5.06. The van der Waals surface area contributed by atoms with Crippen LogP contribution in [-0.2, 0) is 10.0 Å². The first kappa shape index (κ1) is 14.8. The second kappa shape index (κ2) is 6.10. The lowest BCUT2D eigenvalue weighted by Gasteiger charge is -2.37. The van der Waals surface area contributed by atoms with Crippen LogP contribution in [0.2, 0.25) is 0 Å². The Hall–Kier alpha value is -0.210. The quantitative estimate of drug-likeness (QED) is 0.635. The molecule has 17 heavy (non-hydrogen) atoms. The van der Waals surface area contributed by atoms with Gasteiger partial charge in [-0.2, -0.15) is 0 Å². The van der Waals surface area contributed by atoms with Gasteiger partial charge in [0.25, 0.3) is 0 Å². The van der Waals surface area contributed by atoms with E-state index in [0.29, 0.717) is 6.54 Å². The molecule has 0 aliphatic carbocycles. The normalized spacial score (nSPS) is 26.0. The number of piperazine rings is 1. The van der Waals surface area contributed by atoms with Gasteiger partial charge in [-0.1, -0.05) is 0 Å². The molecule has 0 aromatic rings. The zero-order valence-corrected chi connectivity index (χ0v) is 11.6. The van der Waals surface area contributed by atoms with Crippen LogP contribution in [0.1, 0.15) is 6.92 Å². The Balaban J connectivity index is 2.49. The predicted octanol–water partition coefficient (Wildman–Crippen LogP) is -1.47. The number of hydrogen-bond acceptors (Lipinski definition) is 5. The number of nitrogens with one attached hydrogen (secondary N) is 1. The van der Waals surface area contributed by atoms with E-state index in [9.17, 15) is 8.42 Å². The summed E-state index contributed by atoms with van der Waals surface area (Å²) in [7, 11) is 0.638. The lowest BCUT2D eigenvalue weighted by atomic mass is 10.2. The summed E-state index contributed by atoms with van der Waals surface area (Å²) < 4.78 is 26.0. The van der Waals surface area contributed by atoms with Gasteiger partial charge in [0.15, 0.2) is 0 Å². The van der Waals surface area contributed by atoms with E-state index in [0.717, 1.165) is 19.6 Å². The second-order valence-corrected chi connectivity index (χ2v) is 6.97. The molecule has 7 heteroatoms. The van der Waals surface area contributed by atoms with Gasteiger partial charge in [0, 0.05) is 32.2 Å². The molecule has 2 N–H and O–H groups in total. The first-order valence-electron chi connectivity index (χ1n) is 5.85. The Bertz CT molecular complexity index is 334. The van der Waals surface area contributed by atoms with Crippen LogP contribution in [-0.4, -0.2) is 81.5 Å². The zero-order chi connectivity index (χ0) is 13.1. The molecule has 0 aromatic heterocycles. The van der Waals surface area contributed by atoms with Crippen LogP contribution in [0.25, 0.3) is 0 Å². The third kappa shape index (κ3) is 4.18. The van der Waals surface area contributed by atoms with Crippen molar-refractivity contribution in [1.82, 2.24) is 14.5 Å². The van der Waals surface area contributed by atoms with Gasteiger partial charge < -0.3 is 10.0 Å². The summed E-state index contributed by atoms with van der Waals surface area (Å²) in [6.45, 7) is 4.35. The Labute approximate surface area is 104 Å². The summed E-state index contributed by atoms with van der Waals surface area (Å²) in [6.07, 6.45) is 0. The van der Waals surface area contributed by atoms with Gasteiger partial charge in [-0.25, -0.2) is 13.1 Å². The largest absolute Gasteiger partial charge is 0.395 e. The maximum atomic E-state index is 11.7. The van der Waals surface area contributed by atoms with Gasteiger partial charge in [0.2, 0.25) is 10.0 Å². The number of aliphatic hydroxyl groups excluding tert-OH is 1. The van der Waals surface area contributed by atoms with Gasteiger partial charge in [0.1, 0.15) is 0 Å². The third-order valence-electron chi connectivity index (χ3n) is 3.29. The smallest absolute Gasteiger partial charge is 0.216 e. The van der Waals surface area contributed by atoms with Crippen molar-refractivity contribution in [2.24, 2.45) is 0 Å². The molecular formula is C10H23N3O3S. The highest BCUT2D eigenvalue weighted by molar-refractivity contribution is 7.90. The average Bonchev–Trinajstić information content (AvgIpc) is 2.29. The minimum absolute atomic E-state index is 0.189. The zero-order valence-electron chi connectivity index (χ0n) is 10.8. The van der Waals surface area contributed by atoms with Gasteiger partial charge in [-0.05, 0) is 21.0 Å². The maximum Gasteiger partial charge on any atom is 0.216 e. The summed E-state index contributed by atoms with van der Waals surface area (Å²) in [5.41, 5.74) is 0. The predicted molar refractivity (Wildman–Crippen MR) is 67.4 cm³/mol. The number of rotatable bonds is 5. The van der Waals surface area contributed by atoms with Crippen LogP contribution in [0.15, 0.2) is 0 Å². The molecule has 102 valence electrons. The number of aliphatic hydroxyl groups is 1. The van der Waals surface area contributed by atoms with Gasteiger partial charge >= 0.3 is 0 Å². The number of likely N-dealkylation sites (N-methyl/N-ethyl adjacent to an activating group) is 2. The van der Waals surface area contributed by atoms with Crippen molar-refractivity contribution >= 4 is 10.0 Å². The van der Waals surface area contributed by atoms with Crippen molar-refractivity contribution in [1.29, 1.82) is 0 Å². The molecule has 0 amide bonds. The number of hydrogen-bond donors (Lipinski definition) is 2. The number of sulfonamides is 1. The van der Waals surface area contributed by atoms with Gasteiger partial charge in [-0.3, -0.25) is 4.90 Å². The topological polar surface area (TPSA) is 72.9 Å². The van der Waals surface area contributed by atoms with Crippen molar-refractivity contribution < 1.29 is 13.5 Å². The molecule has 2 atom stereocenters. The van der Waals surface area contributed by atoms with Crippen LogP contribution in [0.4, 0.5) is 0 Å². The fourth-order valence-electron chi connectivity index (χ4n) is 1.77. The highest BCUT2D eigenvalue weighted by Crippen LogP contribution is 2.06. The van der Waals surface area contributed by atoms with Crippen molar-refractivity contribution in [3.8, 4) is 0 Å². The molecule has 1 rings (SSSR count). The first-order valence-corrected chi connectivity index (χ1v) is 7.39. The van der Waals surface area contributed by atoms with Crippen LogP contribution in [0.5, 0.6) is 0 Å². The SMILES string of the molecule is CC(CO)S(=O)(=O)NCC1CN(C)CCN1C. The van der Waals surface area contributed by atoms with Crippen LogP contribution >= 0.6 is 0 Å². The molecule has 0 bridgehead atoms. The fraction of sp³-hybridized carbons (Fsp3) is 1.00. The second-order valence-electron chi connectivity index (χ2n) is 4.78. The molecule has 0 aromatic carbocycles. The Morgan fingerprint density at radius 2 is 2.06 bits per heavy atom. The summed E-state index contributed by atoms with van der Waals surface area (Å²) in [4.78, 5) is 4.35. The molecule has 1 aliphatic rings. The van der Waals surface area contributed by atoms with E-state index in [-0.39, 0.29) is 12.6 Å². The molecule has 6 nitrogen and oxygen atoms in total. The molecule has 1 saturated heterocycles. The van der Waals surface area contributed by atoms with E-state index in [1.165, 1.54) is 6.92 Å². The summed E-state index contributed by atoms with van der Waals surface area (Å²) >= 11 is 0. The number of nitrogens with zero attached hydrogens (tertiary/aromatic N) is 2. The van der Waals surface area contributed by atoms with Crippen molar-refractivity contribution in [3.63, 3.8) is 0 Å². The Morgan fingerprint density at radius 3 is 2.65 bits per heavy atom. The van der Waals surface area contributed by atoms with Gasteiger partial charge in [0.05, 0.1) is 11.9 Å². The fourth-order valence-corrected chi connectivity index (χ4v) is 2.68. The van der Waals surface area contributed by atoms with Crippen molar-refractivity contribution in [2.75, 3.05) is 46.9 Å². The van der Waals surface area contributed by atoms with Crippen LogP contribution in [0, 0.1) is 0 Å².